The number of carbonyl (C=O) groups is 2. The summed E-state index contributed by atoms with van der Waals surface area (Å²) in [6.07, 6.45) is 2.77. The van der Waals surface area contributed by atoms with E-state index in [0.29, 0.717) is 55.1 Å². The van der Waals surface area contributed by atoms with Crippen LogP contribution < -0.4 is 10.6 Å². The number of amides is 2. The van der Waals surface area contributed by atoms with Gasteiger partial charge in [0, 0.05) is 35.8 Å². The van der Waals surface area contributed by atoms with Crippen LogP contribution in [-0.4, -0.2) is 44.1 Å². The van der Waals surface area contributed by atoms with E-state index in [4.69, 9.17) is 4.42 Å². The minimum Gasteiger partial charge on any atom is -0.467 e. The van der Waals surface area contributed by atoms with Gasteiger partial charge in [-0.05, 0) is 61.4 Å². The van der Waals surface area contributed by atoms with Crippen molar-refractivity contribution in [3.05, 3.63) is 83.8 Å². The molecule has 0 aliphatic carbocycles. The van der Waals surface area contributed by atoms with Gasteiger partial charge in [-0.25, -0.2) is 0 Å². The van der Waals surface area contributed by atoms with Crippen LogP contribution in [0.5, 0.6) is 0 Å². The first-order valence-electron chi connectivity index (χ1n) is 11.3. The van der Waals surface area contributed by atoms with Gasteiger partial charge < -0.3 is 20.0 Å². The zero-order chi connectivity index (χ0) is 24.4. The van der Waals surface area contributed by atoms with Gasteiger partial charge >= 0.3 is 0 Å². The van der Waals surface area contributed by atoms with Crippen molar-refractivity contribution in [3.8, 4) is 0 Å². The normalized spacial score (nSPS) is 16.9. The quantitative estimate of drug-likeness (QED) is 0.565. The number of carbonyl (C=O) groups excluding carboxylic acids is 2. The number of piperidine rings is 1. The zero-order valence-electron chi connectivity index (χ0n) is 18.8. The Kier molecular flexibility index (Phi) is 6.12. The molecule has 0 radical (unpaired) electrons. The second-order valence-electron chi connectivity index (χ2n) is 8.48. The molecule has 3 heterocycles. The first-order chi connectivity index (χ1) is 16.9. The molecule has 0 atom stereocenters. The maximum absolute atomic E-state index is 13.0. The van der Waals surface area contributed by atoms with Crippen molar-refractivity contribution in [3.63, 3.8) is 0 Å². The van der Waals surface area contributed by atoms with Crippen molar-refractivity contribution in [2.24, 2.45) is 10.3 Å². The Hall–Kier alpha value is -3.92. The molecule has 0 saturated carbocycles. The van der Waals surface area contributed by atoms with Crippen LogP contribution in [0.1, 0.15) is 34.5 Å². The van der Waals surface area contributed by atoms with Gasteiger partial charge in [0.2, 0.25) is 5.91 Å². The topological polar surface area (TPSA) is 121 Å². The summed E-state index contributed by atoms with van der Waals surface area (Å²) >= 11 is 0. The number of nitrogens with one attached hydrogen (secondary N) is 2. The summed E-state index contributed by atoms with van der Waals surface area (Å²) in [4.78, 5) is 27.3. The molecule has 1 saturated heterocycles. The number of rotatable bonds is 5. The fourth-order valence-corrected chi connectivity index (χ4v) is 5.46. The highest BCUT2D eigenvalue weighted by atomic mass is 32.2. The lowest BCUT2D eigenvalue weighted by molar-refractivity contribution is -0.126. The fraction of sp³-hybridized carbons (Fsp3) is 0.240. The highest BCUT2D eigenvalue weighted by Crippen LogP contribution is 2.27. The standard InChI is InChI=1S/C25H24N4O5S/c30-24(26-16-20-4-3-15-34-20)17-11-13-29(14-12-17)25(31)18-7-9-19(10-8-18)27-23-21-5-1-2-6-22(21)35(32,33)28-23/h1-10,15,17H,11-14,16H2,(H,26,30)(H,27,28). The average Bonchev–Trinajstić information content (AvgIpc) is 3.49. The van der Waals surface area contributed by atoms with E-state index in [2.05, 4.69) is 15.0 Å². The van der Waals surface area contributed by atoms with Crippen molar-refractivity contribution in [1.29, 1.82) is 0 Å². The average molecular weight is 493 g/mol. The Morgan fingerprint density at radius 2 is 1.74 bits per heavy atom. The predicted octanol–water partition coefficient (Wildman–Crippen LogP) is 3.01. The molecule has 5 rings (SSSR count). The van der Waals surface area contributed by atoms with Crippen LogP contribution in [0.25, 0.3) is 0 Å². The van der Waals surface area contributed by atoms with Crippen molar-refractivity contribution < 1.29 is 22.4 Å². The molecule has 2 N–H and O–H groups in total. The number of amidine groups is 1. The van der Waals surface area contributed by atoms with Crippen LogP contribution in [0.15, 0.2) is 80.6 Å². The first kappa shape index (κ1) is 22.9. The summed E-state index contributed by atoms with van der Waals surface area (Å²) in [5, 5.41) is 5.92. The molecule has 35 heavy (non-hydrogen) atoms. The lowest BCUT2D eigenvalue weighted by Crippen LogP contribution is -2.42. The third kappa shape index (κ3) is 4.83. The third-order valence-electron chi connectivity index (χ3n) is 6.20. The van der Waals surface area contributed by atoms with Crippen LogP contribution in [0.4, 0.5) is 5.69 Å². The maximum Gasteiger partial charge on any atom is 0.285 e. The molecule has 2 aliphatic heterocycles. The second kappa shape index (κ2) is 9.38. The van der Waals surface area contributed by atoms with Gasteiger partial charge in [-0.3, -0.25) is 9.59 Å². The molecule has 2 amide bonds. The summed E-state index contributed by atoms with van der Waals surface area (Å²) in [6, 6.07) is 17.1. The molecular formula is C25H24N4O5S. The molecule has 9 nitrogen and oxygen atoms in total. The molecule has 0 spiro atoms. The molecule has 2 aliphatic rings. The largest absolute Gasteiger partial charge is 0.467 e. The van der Waals surface area contributed by atoms with Gasteiger partial charge in [0.1, 0.15) is 10.7 Å². The molecule has 1 aromatic heterocycles. The number of benzene rings is 2. The van der Waals surface area contributed by atoms with Gasteiger partial charge in [0.25, 0.3) is 15.9 Å². The van der Waals surface area contributed by atoms with Gasteiger partial charge in [0.15, 0.2) is 5.84 Å². The summed E-state index contributed by atoms with van der Waals surface area (Å²) in [5.41, 5.74) is 1.67. The van der Waals surface area contributed by atoms with E-state index in [0.717, 1.165) is 0 Å². The number of furan rings is 1. The van der Waals surface area contributed by atoms with Crippen molar-refractivity contribution in [1.82, 2.24) is 10.2 Å². The summed E-state index contributed by atoms with van der Waals surface area (Å²) in [7, 11) is -3.71. The molecular weight excluding hydrogens is 468 g/mol. The van der Waals surface area contributed by atoms with E-state index in [1.807, 2.05) is 6.07 Å². The molecule has 1 fully saturated rings. The molecule has 0 bridgehead atoms. The smallest absolute Gasteiger partial charge is 0.285 e. The van der Waals surface area contributed by atoms with E-state index in [-0.39, 0.29) is 28.5 Å². The third-order valence-corrected chi connectivity index (χ3v) is 7.53. The van der Waals surface area contributed by atoms with E-state index in [1.165, 1.54) is 6.07 Å². The SMILES string of the molecule is O=C(NCc1ccco1)C1CCN(C(=O)c2ccc(NC3=NS(=O)(=O)c4ccccc43)cc2)CC1. The number of hydrogen-bond donors (Lipinski definition) is 2. The summed E-state index contributed by atoms with van der Waals surface area (Å²) in [6.45, 7) is 1.36. The van der Waals surface area contributed by atoms with Crippen molar-refractivity contribution in [2.45, 2.75) is 24.3 Å². The number of hydrogen-bond acceptors (Lipinski definition) is 6. The van der Waals surface area contributed by atoms with E-state index < -0.39 is 10.0 Å². The minimum atomic E-state index is -3.71. The van der Waals surface area contributed by atoms with Gasteiger partial charge in [0.05, 0.1) is 12.8 Å². The van der Waals surface area contributed by atoms with Crippen molar-refractivity contribution >= 4 is 33.4 Å². The first-order valence-corrected chi connectivity index (χ1v) is 12.8. The molecule has 2 aromatic carbocycles. The predicted molar refractivity (Wildman–Crippen MR) is 129 cm³/mol. The Morgan fingerprint density at radius 3 is 2.46 bits per heavy atom. The monoisotopic (exact) mass is 492 g/mol. The van der Waals surface area contributed by atoms with E-state index in [1.54, 1.807) is 59.7 Å². The number of nitrogens with zero attached hydrogens (tertiary/aromatic N) is 2. The Morgan fingerprint density at radius 1 is 1.00 bits per heavy atom. The zero-order valence-corrected chi connectivity index (χ0v) is 19.6. The van der Waals surface area contributed by atoms with Crippen LogP contribution in [0, 0.1) is 5.92 Å². The second-order valence-corrected chi connectivity index (χ2v) is 10.0. The maximum atomic E-state index is 13.0. The highest BCUT2D eigenvalue weighted by molar-refractivity contribution is 7.90. The van der Waals surface area contributed by atoms with E-state index >= 15 is 0 Å². The van der Waals surface area contributed by atoms with Gasteiger partial charge in [-0.2, -0.15) is 8.42 Å². The van der Waals surface area contributed by atoms with Crippen LogP contribution >= 0.6 is 0 Å². The molecule has 0 unspecified atom stereocenters. The summed E-state index contributed by atoms with van der Waals surface area (Å²) in [5.74, 6) is 0.702. The molecule has 3 aromatic rings. The molecule has 180 valence electrons. The van der Waals surface area contributed by atoms with Gasteiger partial charge in [-0.1, -0.05) is 12.1 Å². The van der Waals surface area contributed by atoms with E-state index in [9.17, 15) is 18.0 Å². The Labute approximate surface area is 202 Å². The fourth-order valence-electron chi connectivity index (χ4n) is 4.29. The Bertz CT molecular complexity index is 1370. The van der Waals surface area contributed by atoms with Crippen LogP contribution in [-0.2, 0) is 21.4 Å². The number of anilines is 1. The number of fused-ring (bicyclic) bond motifs is 1. The highest BCUT2D eigenvalue weighted by Gasteiger charge is 2.29. The van der Waals surface area contributed by atoms with Crippen molar-refractivity contribution in [2.75, 3.05) is 18.4 Å². The lowest BCUT2D eigenvalue weighted by atomic mass is 9.95. The minimum absolute atomic E-state index is 0.0256. The number of likely N-dealkylation sites (tertiary alicyclic amines) is 1. The van der Waals surface area contributed by atoms with Crippen LogP contribution in [0.3, 0.4) is 0 Å². The van der Waals surface area contributed by atoms with Gasteiger partial charge in [-0.15, -0.1) is 4.40 Å². The molecule has 10 heteroatoms. The van der Waals surface area contributed by atoms with Crippen LogP contribution in [0.2, 0.25) is 0 Å². The summed E-state index contributed by atoms with van der Waals surface area (Å²) < 4.78 is 33.5. The number of sulfonamides is 1. The Balaban J connectivity index is 1.16. The lowest BCUT2D eigenvalue weighted by Gasteiger charge is -2.31.